The first-order chi connectivity index (χ1) is 4.20. The first kappa shape index (κ1) is 7.57. The van der Waals surface area contributed by atoms with Crippen LogP contribution in [0.1, 0.15) is 0 Å². The highest BCUT2D eigenvalue weighted by Crippen LogP contribution is 2.19. The largest absolute Gasteiger partial charge is 0.247 e. The molecule has 0 atom stereocenters. The Kier molecular flexibility index (Phi) is 2.55. The molecule has 1 nitrogen and oxygen atoms in total. The summed E-state index contributed by atoms with van der Waals surface area (Å²) in [6.45, 7) is 0. The van der Waals surface area contributed by atoms with Gasteiger partial charge in [-0.15, -0.1) is 0 Å². The van der Waals surface area contributed by atoms with Crippen LogP contribution in [0.15, 0.2) is 12.3 Å². The summed E-state index contributed by atoms with van der Waals surface area (Å²) in [7, 11) is 0. The highest BCUT2D eigenvalue weighted by molar-refractivity contribution is 14.1. The molecule has 9 heavy (non-hydrogen) atoms. The molecule has 0 fully saturated rings. The molecule has 1 heterocycles. The van der Waals surface area contributed by atoms with Crippen molar-refractivity contribution in [2.24, 2.45) is 0 Å². The second-order valence-electron chi connectivity index (χ2n) is 1.43. The molecule has 0 unspecified atom stereocenters. The molecule has 0 amide bonds. The molecular weight excluding hydrogens is 272 g/mol. The molecule has 0 aromatic carbocycles. The van der Waals surface area contributed by atoms with E-state index < -0.39 is 0 Å². The van der Waals surface area contributed by atoms with Crippen LogP contribution >= 0.6 is 45.8 Å². The van der Waals surface area contributed by atoms with Gasteiger partial charge in [-0.1, -0.05) is 23.2 Å². The Hall–Kier alpha value is 0.460. The second-order valence-corrected chi connectivity index (χ2v) is 3.29. The Balaban J connectivity index is 3.17. The summed E-state index contributed by atoms with van der Waals surface area (Å²) in [5.74, 6) is 0. The van der Waals surface area contributed by atoms with Crippen LogP contribution in [0.5, 0.6) is 0 Å². The molecule has 1 rings (SSSR count). The van der Waals surface area contributed by atoms with Crippen LogP contribution in [0.3, 0.4) is 0 Å². The Labute approximate surface area is 76.5 Å². The van der Waals surface area contributed by atoms with Crippen molar-refractivity contribution in [2.45, 2.75) is 0 Å². The lowest BCUT2D eigenvalue weighted by Crippen LogP contribution is -1.78. The van der Waals surface area contributed by atoms with E-state index in [2.05, 4.69) is 4.98 Å². The van der Waals surface area contributed by atoms with E-state index in [9.17, 15) is 0 Å². The lowest BCUT2D eigenvalue weighted by molar-refractivity contribution is 1.27. The normalized spacial score (nSPS) is 9.67. The highest BCUT2D eigenvalue weighted by atomic mass is 127. The number of hydrogen-bond acceptors (Lipinski definition) is 1. The maximum Gasteiger partial charge on any atom is 0.119 e. The van der Waals surface area contributed by atoms with Crippen molar-refractivity contribution in [1.29, 1.82) is 0 Å². The van der Waals surface area contributed by atoms with Crippen molar-refractivity contribution < 1.29 is 0 Å². The predicted octanol–water partition coefficient (Wildman–Crippen LogP) is 2.99. The van der Waals surface area contributed by atoms with Gasteiger partial charge in [-0.2, -0.15) is 0 Å². The molecule has 0 N–H and O–H groups in total. The number of aromatic nitrogens is 1. The predicted molar refractivity (Wildman–Crippen MR) is 47.0 cm³/mol. The van der Waals surface area contributed by atoms with Gasteiger partial charge in [0, 0.05) is 6.20 Å². The number of halogens is 3. The summed E-state index contributed by atoms with van der Waals surface area (Å²) in [6, 6.07) is 1.66. The van der Waals surface area contributed by atoms with Gasteiger partial charge in [-0.05, 0) is 28.7 Å². The zero-order valence-corrected chi connectivity index (χ0v) is 7.91. The van der Waals surface area contributed by atoms with Gasteiger partial charge in [-0.25, -0.2) is 4.98 Å². The van der Waals surface area contributed by atoms with E-state index in [1.165, 1.54) is 0 Å². The Bertz CT molecular complexity index is 226. The molecule has 0 saturated carbocycles. The Morgan fingerprint density at radius 1 is 1.44 bits per heavy atom. The Morgan fingerprint density at radius 2 is 2.11 bits per heavy atom. The molecule has 0 spiro atoms. The van der Waals surface area contributed by atoms with Crippen LogP contribution in [0.25, 0.3) is 0 Å². The van der Waals surface area contributed by atoms with E-state index in [0.29, 0.717) is 10.0 Å². The van der Waals surface area contributed by atoms with Crippen molar-refractivity contribution in [3.05, 3.63) is 26.0 Å². The summed E-state index contributed by atoms with van der Waals surface area (Å²) >= 11 is 13.3. The van der Waals surface area contributed by atoms with Crippen LogP contribution in [0.2, 0.25) is 10.0 Å². The summed E-state index contributed by atoms with van der Waals surface area (Å²) < 4.78 is 0.777. The third kappa shape index (κ3) is 1.95. The van der Waals surface area contributed by atoms with E-state index >= 15 is 0 Å². The molecule has 1 aromatic rings. The fraction of sp³-hybridized carbons (Fsp3) is 0. The molecule has 4 heteroatoms. The van der Waals surface area contributed by atoms with Crippen LogP contribution in [0.4, 0.5) is 0 Å². The fourth-order valence-electron chi connectivity index (χ4n) is 0.398. The first-order valence-corrected chi connectivity index (χ1v) is 4.00. The van der Waals surface area contributed by atoms with E-state index in [1.54, 1.807) is 12.3 Å². The zero-order chi connectivity index (χ0) is 6.85. The van der Waals surface area contributed by atoms with Crippen LogP contribution < -0.4 is 0 Å². The summed E-state index contributed by atoms with van der Waals surface area (Å²) in [5.41, 5.74) is 0. The zero-order valence-electron chi connectivity index (χ0n) is 4.24. The second kappa shape index (κ2) is 3.03. The number of pyridine rings is 1. The van der Waals surface area contributed by atoms with Crippen molar-refractivity contribution >= 4 is 45.8 Å². The minimum atomic E-state index is 0.570. The fourth-order valence-corrected chi connectivity index (χ4v) is 1.07. The average Bonchev–Trinajstić information content (AvgIpc) is 1.80. The highest BCUT2D eigenvalue weighted by Gasteiger charge is 1.96. The van der Waals surface area contributed by atoms with Gasteiger partial charge in [0.2, 0.25) is 0 Å². The minimum Gasteiger partial charge on any atom is -0.247 e. The van der Waals surface area contributed by atoms with Crippen LogP contribution in [0, 0.1) is 3.70 Å². The molecular formula is C5H2Cl2IN. The molecule has 0 saturated heterocycles. The summed E-state index contributed by atoms with van der Waals surface area (Å²) in [6.07, 6.45) is 1.56. The van der Waals surface area contributed by atoms with Gasteiger partial charge in [0.1, 0.15) is 3.70 Å². The Morgan fingerprint density at radius 3 is 2.56 bits per heavy atom. The van der Waals surface area contributed by atoms with Crippen LogP contribution in [-0.2, 0) is 0 Å². The molecule has 0 bridgehead atoms. The minimum absolute atomic E-state index is 0.570. The van der Waals surface area contributed by atoms with Crippen molar-refractivity contribution in [2.75, 3.05) is 0 Å². The van der Waals surface area contributed by atoms with E-state index in [4.69, 9.17) is 23.2 Å². The standard InChI is InChI=1S/C5H2Cl2IN/c6-3-1-4(7)5(8)9-2-3/h1-2H. The van der Waals surface area contributed by atoms with Gasteiger partial charge in [0.05, 0.1) is 10.0 Å². The van der Waals surface area contributed by atoms with Gasteiger partial charge in [0.25, 0.3) is 0 Å². The third-order valence-corrected chi connectivity index (χ3v) is 2.44. The monoisotopic (exact) mass is 273 g/mol. The number of rotatable bonds is 0. The maximum atomic E-state index is 5.66. The van der Waals surface area contributed by atoms with Crippen LogP contribution in [-0.4, -0.2) is 4.98 Å². The van der Waals surface area contributed by atoms with Gasteiger partial charge in [0.15, 0.2) is 0 Å². The van der Waals surface area contributed by atoms with Gasteiger partial charge in [-0.3, -0.25) is 0 Å². The molecule has 0 aliphatic carbocycles. The van der Waals surface area contributed by atoms with Gasteiger partial charge >= 0.3 is 0 Å². The van der Waals surface area contributed by atoms with Gasteiger partial charge < -0.3 is 0 Å². The SMILES string of the molecule is Clc1cnc(I)c(Cl)c1. The maximum absolute atomic E-state index is 5.66. The third-order valence-electron chi connectivity index (χ3n) is 0.763. The lowest BCUT2D eigenvalue weighted by atomic mass is 10.5. The molecule has 48 valence electrons. The van der Waals surface area contributed by atoms with Crippen molar-refractivity contribution in [1.82, 2.24) is 4.98 Å². The van der Waals surface area contributed by atoms with E-state index in [-0.39, 0.29) is 0 Å². The van der Waals surface area contributed by atoms with Crippen molar-refractivity contribution in [3.8, 4) is 0 Å². The van der Waals surface area contributed by atoms with E-state index in [1.807, 2.05) is 22.6 Å². The van der Waals surface area contributed by atoms with E-state index in [0.717, 1.165) is 3.70 Å². The topological polar surface area (TPSA) is 12.9 Å². The molecule has 0 aliphatic rings. The summed E-state index contributed by atoms with van der Waals surface area (Å²) in [5, 5.41) is 1.17. The summed E-state index contributed by atoms with van der Waals surface area (Å²) in [4.78, 5) is 3.90. The number of hydrogen-bond donors (Lipinski definition) is 0. The lowest BCUT2D eigenvalue weighted by Gasteiger charge is -1.92. The van der Waals surface area contributed by atoms with Crippen molar-refractivity contribution in [3.63, 3.8) is 0 Å². The smallest absolute Gasteiger partial charge is 0.119 e. The molecule has 0 aliphatic heterocycles. The average molecular weight is 274 g/mol. The molecule has 1 aromatic heterocycles. The quantitative estimate of drug-likeness (QED) is 0.523. The first-order valence-electron chi connectivity index (χ1n) is 2.16. The number of nitrogens with zero attached hydrogens (tertiary/aromatic N) is 1. The molecule has 0 radical (unpaired) electrons.